The van der Waals surface area contributed by atoms with E-state index in [4.69, 9.17) is 9.47 Å². The van der Waals surface area contributed by atoms with E-state index < -0.39 is 0 Å². The molecule has 2 atom stereocenters. The van der Waals surface area contributed by atoms with Crippen LogP contribution in [0, 0.1) is 5.92 Å². The number of hydrogen-bond donors (Lipinski definition) is 1. The van der Waals surface area contributed by atoms with Gasteiger partial charge in [0.25, 0.3) is 0 Å². The van der Waals surface area contributed by atoms with Crippen molar-refractivity contribution in [3.05, 3.63) is 0 Å². The molecule has 0 aliphatic carbocycles. The SMILES string of the molecule is CCCCOCCC1COCCC1NCC. The van der Waals surface area contributed by atoms with Gasteiger partial charge < -0.3 is 14.8 Å². The van der Waals surface area contributed by atoms with E-state index in [-0.39, 0.29) is 0 Å². The molecule has 3 heteroatoms. The maximum Gasteiger partial charge on any atom is 0.0510 e. The van der Waals surface area contributed by atoms with Gasteiger partial charge in [-0.1, -0.05) is 20.3 Å². The zero-order valence-electron chi connectivity index (χ0n) is 10.8. The van der Waals surface area contributed by atoms with Gasteiger partial charge >= 0.3 is 0 Å². The van der Waals surface area contributed by atoms with Crippen LogP contribution in [-0.2, 0) is 9.47 Å². The second-order valence-electron chi connectivity index (χ2n) is 4.54. The van der Waals surface area contributed by atoms with E-state index in [0.29, 0.717) is 12.0 Å². The van der Waals surface area contributed by atoms with E-state index in [2.05, 4.69) is 19.2 Å². The van der Waals surface area contributed by atoms with Crippen molar-refractivity contribution in [2.24, 2.45) is 5.92 Å². The normalized spacial score (nSPS) is 25.9. The van der Waals surface area contributed by atoms with E-state index >= 15 is 0 Å². The van der Waals surface area contributed by atoms with Crippen molar-refractivity contribution in [1.82, 2.24) is 5.32 Å². The summed E-state index contributed by atoms with van der Waals surface area (Å²) in [6, 6.07) is 0.633. The van der Waals surface area contributed by atoms with E-state index in [1.807, 2.05) is 0 Å². The fourth-order valence-electron chi connectivity index (χ4n) is 2.20. The van der Waals surface area contributed by atoms with E-state index in [0.717, 1.165) is 45.8 Å². The summed E-state index contributed by atoms with van der Waals surface area (Å²) >= 11 is 0. The smallest absolute Gasteiger partial charge is 0.0510 e. The first kappa shape index (κ1) is 13.9. The summed E-state index contributed by atoms with van der Waals surface area (Å²) in [5.74, 6) is 0.635. The molecular weight excluding hydrogens is 202 g/mol. The molecule has 96 valence electrons. The first-order valence-electron chi connectivity index (χ1n) is 6.77. The van der Waals surface area contributed by atoms with E-state index in [9.17, 15) is 0 Å². The van der Waals surface area contributed by atoms with Crippen LogP contribution in [0.1, 0.15) is 39.5 Å². The predicted octanol–water partition coefficient (Wildman–Crippen LogP) is 2.21. The zero-order chi connectivity index (χ0) is 11.6. The summed E-state index contributed by atoms with van der Waals surface area (Å²) in [4.78, 5) is 0. The Kier molecular flexibility index (Phi) is 7.81. The lowest BCUT2D eigenvalue weighted by molar-refractivity contribution is 0.0141. The minimum Gasteiger partial charge on any atom is -0.381 e. The molecule has 1 aliphatic rings. The van der Waals surface area contributed by atoms with Crippen molar-refractivity contribution in [3.63, 3.8) is 0 Å². The topological polar surface area (TPSA) is 30.5 Å². The molecule has 1 fully saturated rings. The molecule has 0 amide bonds. The van der Waals surface area contributed by atoms with Crippen LogP contribution >= 0.6 is 0 Å². The molecule has 1 saturated heterocycles. The average Bonchev–Trinajstić information content (AvgIpc) is 2.31. The lowest BCUT2D eigenvalue weighted by atomic mass is 9.93. The summed E-state index contributed by atoms with van der Waals surface area (Å²) < 4.78 is 11.2. The Hall–Kier alpha value is -0.120. The van der Waals surface area contributed by atoms with Crippen LogP contribution in [0.4, 0.5) is 0 Å². The van der Waals surface area contributed by atoms with Crippen LogP contribution in [0.15, 0.2) is 0 Å². The van der Waals surface area contributed by atoms with Gasteiger partial charge in [0, 0.05) is 25.9 Å². The Morgan fingerprint density at radius 1 is 1.31 bits per heavy atom. The highest BCUT2D eigenvalue weighted by atomic mass is 16.5. The van der Waals surface area contributed by atoms with Gasteiger partial charge in [-0.05, 0) is 31.7 Å². The average molecular weight is 229 g/mol. The summed E-state index contributed by atoms with van der Waals surface area (Å²) in [6.07, 6.45) is 4.67. The van der Waals surface area contributed by atoms with Crippen LogP contribution in [0.3, 0.4) is 0 Å². The van der Waals surface area contributed by atoms with Gasteiger partial charge in [-0.2, -0.15) is 0 Å². The molecule has 0 spiro atoms. The maximum atomic E-state index is 5.62. The number of nitrogens with one attached hydrogen (secondary N) is 1. The zero-order valence-corrected chi connectivity index (χ0v) is 10.8. The van der Waals surface area contributed by atoms with Gasteiger partial charge in [-0.3, -0.25) is 0 Å². The molecule has 0 aromatic heterocycles. The lowest BCUT2D eigenvalue weighted by Gasteiger charge is -2.32. The van der Waals surface area contributed by atoms with Gasteiger partial charge in [0.05, 0.1) is 6.61 Å². The van der Waals surface area contributed by atoms with Gasteiger partial charge in [0.1, 0.15) is 0 Å². The molecule has 1 heterocycles. The fourth-order valence-corrected chi connectivity index (χ4v) is 2.20. The van der Waals surface area contributed by atoms with Crippen molar-refractivity contribution in [1.29, 1.82) is 0 Å². The van der Waals surface area contributed by atoms with Crippen LogP contribution in [-0.4, -0.2) is 39.0 Å². The molecular formula is C13H27NO2. The van der Waals surface area contributed by atoms with Crippen molar-refractivity contribution in [2.45, 2.75) is 45.6 Å². The summed E-state index contributed by atoms with van der Waals surface area (Å²) in [7, 11) is 0. The first-order chi connectivity index (χ1) is 7.88. The molecule has 1 rings (SSSR count). The first-order valence-corrected chi connectivity index (χ1v) is 6.77. The highest BCUT2D eigenvalue weighted by molar-refractivity contribution is 4.79. The Bertz CT molecular complexity index is 162. The minimum absolute atomic E-state index is 0.633. The summed E-state index contributed by atoms with van der Waals surface area (Å²) in [6.45, 7) is 9.02. The monoisotopic (exact) mass is 229 g/mol. The summed E-state index contributed by atoms with van der Waals surface area (Å²) in [5.41, 5.74) is 0. The maximum absolute atomic E-state index is 5.62. The highest BCUT2D eigenvalue weighted by Gasteiger charge is 2.24. The molecule has 1 aliphatic heterocycles. The van der Waals surface area contributed by atoms with E-state index in [1.54, 1.807) is 0 Å². The molecule has 2 unspecified atom stereocenters. The standard InChI is InChI=1S/C13H27NO2/c1-3-5-8-15-9-6-12-11-16-10-7-13(12)14-4-2/h12-14H,3-11H2,1-2H3. The van der Waals surface area contributed by atoms with Gasteiger partial charge in [0.15, 0.2) is 0 Å². The molecule has 16 heavy (non-hydrogen) atoms. The van der Waals surface area contributed by atoms with Crippen LogP contribution in [0.2, 0.25) is 0 Å². The highest BCUT2D eigenvalue weighted by Crippen LogP contribution is 2.18. The molecule has 0 saturated carbocycles. The Morgan fingerprint density at radius 3 is 2.94 bits per heavy atom. The quantitative estimate of drug-likeness (QED) is 0.647. The van der Waals surface area contributed by atoms with Crippen molar-refractivity contribution in [3.8, 4) is 0 Å². The molecule has 0 radical (unpaired) electrons. The molecule has 0 aromatic rings. The second-order valence-corrected chi connectivity index (χ2v) is 4.54. The number of ether oxygens (including phenoxy) is 2. The van der Waals surface area contributed by atoms with Crippen LogP contribution in [0.5, 0.6) is 0 Å². The number of rotatable bonds is 8. The number of hydrogen-bond acceptors (Lipinski definition) is 3. The summed E-state index contributed by atoms with van der Waals surface area (Å²) in [5, 5.41) is 3.55. The Balaban J connectivity index is 2.11. The van der Waals surface area contributed by atoms with E-state index in [1.165, 1.54) is 12.8 Å². The van der Waals surface area contributed by atoms with Crippen LogP contribution < -0.4 is 5.32 Å². The lowest BCUT2D eigenvalue weighted by Crippen LogP contribution is -2.43. The molecule has 1 N–H and O–H groups in total. The predicted molar refractivity (Wildman–Crippen MR) is 66.7 cm³/mol. The molecule has 0 aromatic carbocycles. The minimum atomic E-state index is 0.633. The third kappa shape index (κ3) is 5.28. The second kappa shape index (κ2) is 8.97. The third-order valence-corrected chi connectivity index (χ3v) is 3.22. The Morgan fingerprint density at radius 2 is 2.19 bits per heavy atom. The van der Waals surface area contributed by atoms with Gasteiger partial charge in [-0.25, -0.2) is 0 Å². The third-order valence-electron chi connectivity index (χ3n) is 3.22. The van der Waals surface area contributed by atoms with Crippen molar-refractivity contribution in [2.75, 3.05) is 33.0 Å². The van der Waals surface area contributed by atoms with Gasteiger partial charge in [-0.15, -0.1) is 0 Å². The molecule has 3 nitrogen and oxygen atoms in total. The fraction of sp³-hybridized carbons (Fsp3) is 1.00. The molecule has 0 bridgehead atoms. The van der Waals surface area contributed by atoms with Crippen molar-refractivity contribution < 1.29 is 9.47 Å². The van der Waals surface area contributed by atoms with Crippen molar-refractivity contribution >= 4 is 0 Å². The largest absolute Gasteiger partial charge is 0.381 e. The number of unbranched alkanes of at least 4 members (excludes halogenated alkanes) is 1. The van der Waals surface area contributed by atoms with Crippen LogP contribution in [0.25, 0.3) is 0 Å². The Labute approximate surface area is 99.9 Å². The van der Waals surface area contributed by atoms with Gasteiger partial charge in [0.2, 0.25) is 0 Å².